The van der Waals surface area contributed by atoms with Crippen molar-refractivity contribution in [3.8, 4) is 11.6 Å². The molecule has 0 saturated heterocycles. The van der Waals surface area contributed by atoms with Gasteiger partial charge in [-0.2, -0.15) is 4.98 Å². The third-order valence-electron chi connectivity index (χ3n) is 2.59. The Kier molecular flexibility index (Phi) is 4.94. The van der Waals surface area contributed by atoms with Crippen LogP contribution < -0.4 is 10.1 Å². The van der Waals surface area contributed by atoms with Crippen molar-refractivity contribution in [3.63, 3.8) is 0 Å². The summed E-state index contributed by atoms with van der Waals surface area (Å²) in [7, 11) is 0. The Morgan fingerprint density at radius 1 is 1.33 bits per heavy atom. The summed E-state index contributed by atoms with van der Waals surface area (Å²) in [4.78, 5) is 14.7. The summed E-state index contributed by atoms with van der Waals surface area (Å²) in [5.74, 6) is 1.08. The third kappa shape index (κ3) is 4.32. The van der Waals surface area contributed by atoms with Crippen LogP contribution in [0.4, 0.5) is 11.5 Å². The van der Waals surface area contributed by atoms with E-state index in [0.29, 0.717) is 23.1 Å². The van der Waals surface area contributed by atoms with E-state index in [-0.39, 0.29) is 11.6 Å². The molecule has 0 saturated carbocycles. The van der Waals surface area contributed by atoms with Crippen LogP contribution in [0.2, 0.25) is 5.02 Å². The van der Waals surface area contributed by atoms with Gasteiger partial charge in [-0.3, -0.25) is 10.1 Å². The van der Waals surface area contributed by atoms with E-state index in [1.165, 1.54) is 12.1 Å². The monoisotopic (exact) mass is 307 g/mol. The number of nitrogens with zero attached hydrogens (tertiary/aromatic N) is 2. The maximum Gasteiger partial charge on any atom is 0.278 e. The predicted molar refractivity (Wildman–Crippen MR) is 81.2 cm³/mol. The number of ether oxygens (including phenoxy) is 1. The van der Waals surface area contributed by atoms with E-state index in [2.05, 4.69) is 10.3 Å². The predicted octanol–water partition coefficient (Wildman–Crippen LogP) is 4.26. The van der Waals surface area contributed by atoms with E-state index in [1.807, 2.05) is 6.92 Å². The molecule has 7 heteroatoms. The number of benzene rings is 1. The first-order valence-corrected chi connectivity index (χ1v) is 6.80. The molecule has 0 aliphatic carbocycles. The number of aromatic nitrogens is 1. The van der Waals surface area contributed by atoms with E-state index in [4.69, 9.17) is 16.3 Å². The van der Waals surface area contributed by atoms with Crippen LogP contribution in [0.25, 0.3) is 0 Å². The molecule has 0 bridgehead atoms. The van der Waals surface area contributed by atoms with Crippen molar-refractivity contribution in [2.45, 2.75) is 13.3 Å². The second kappa shape index (κ2) is 6.90. The van der Waals surface area contributed by atoms with Gasteiger partial charge in [0.05, 0.1) is 17.1 Å². The lowest BCUT2D eigenvalue weighted by Crippen LogP contribution is -2.03. The number of anilines is 1. The molecular weight excluding hydrogens is 294 g/mol. The van der Waals surface area contributed by atoms with Crippen LogP contribution in [0.1, 0.15) is 13.3 Å². The second-order valence-electron chi connectivity index (χ2n) is 4.29. The van der Waals surface area contributed by atoms with Crippen molar-refractivity contribution in [2.24, 2.45) is 0 Å². The molecule has 6 nitrogen and oxygen atoms in total. The van der Waals surface area contributed by atoms with Gasteiger partial charge in [0.15, 0.2) is 0 Å². The standard InChI is InChI=1S/C14H14ClN3O3/c1-2-7-16-13-8-11(18(19)20)9-14(17-13)21-12-5-3-10(15)4-6-12/h3-6,8-9H,2,7H2,1H3,(H,16,17). The molecule has 0 spiro atoms. The second-order valence-corrected chi connectivity index (χ2v) is 4.73. The summed E-state index contributed by atoms with van der Waals surface area (Å²) in [6.45, 7) is 2.67. The highest BCUT2D eigenvalue weighted by molar-refractivity contribution is 6.30. The molecule has 0 amide bonds. The Bertz CT molecular complexity index is 632. The number of hydrogen-bond donors (Lipinski definition) is 1. The highest BCUT2D eigenvalue weighted by Crippen LogP contribution is 2.27. The maximum absolute atomic E-state index is 11.0. The molecule has 0 aliphatic heterocycles. The van der Waals surface area contributed by atoms with Gasteiger partial charge in [-0.25, -0.2) is 0 Å². The smallest absolute Gasteiger partial charge is 0.278 e. The first-order valence-electron chi connectivity index (χ1n) is 6.42. The quantitative estimate of drug-likeness (QED) is 0.637. The molecule has 1 heterocycles. The number of rotatable bonds is 6. The summed E-state index contributed by atoms with van der Waals surface area (Å²) >= 11 is 5.79. The van der Waals surface area contributed by atoms with Gasteiger partial charge in [-0.15, -0.1) is 0 Å². The highest BCUT2D eigenvalue weighted by Gasteiger charge is 2.12. The number of nitrogens with one attached hydrogen (secondary N) is 1. The zero-order chi connectivity index (χ0) is 15.2. The van der Waals surface area contributed by atoms with Gasteiger partial charge in [-0.05, 0) is 30.7 Å². The first-order chi connectivity index (χ1) is 10.1. The molecule has 2 aromatic rings. The van der Waals surface area contributed by atoms with Gasteiger partial charge in [0.2, 0.25) is 5.88 Å². The van der Waals surface area contributed by atoms with Crippen LogP contribution in [0, 0.1) is 10.1 Å². The van der Waals surface area contributed by atoms with E-state index < -0.39 is 4.92 Å². The van der Waals surface area contributed by atoms with Crippen molar-refractivity contribution < 1.29 is 9.66 Å². The lowest BCUT2D eigenvalue weighted by Gasteiger charge is -2.08. The van der Waals surface area contributed by atoms with Crippen LogP contribution in [0.15, 0.2) is 36.4 Å². The fourth-order valence-electron chi connectivity index (χ4n) is 1.62. The summed E-state index contributed by atoms with van der Waals surface area (Å²) in [5, 5.41) is 14.5. The lowest BCUT2D eigenvalue weighted by atomic mass is 10.3. The Hall–Kier alpha value is -2.34. The van der Waals surface area contributed by atoms with E-state index in [0.717, 1.165) is 6.42 Å². The number of hydrogen-bond acceptors (Lipinski definition) is 5. The van der Waals surface area contributed by atoms with Crippen LogP contribution in [-0.4, -0.2) is 16.5 Å². The van der Waals surface area contributed by atoms with E-state index >= 15 is 0 Å². The Balaban J connectivity index is 2.26. The molecule has 1 aromatic carbocycles. The summed E-state index contributed by atoms with van der Waals surface area (Å²) in [6, 6.07) is 9.34. The molecule has 110 valence electrons. The number of halogens is 1. The average Bonchev–Trinajstić information content (AvgIpc) is 2.47. The molecule has 2 rings (SSSR count). The van der Waals surface area contributed by atoms with Crippen molar-refractivity contribution in [2.75, 3.05) is 11.9 Å². The Labute approximate surface area is 126 Å². The number of pyridine rings is 1. The van der Waals surface area contributed by atoms with Crippen LogP contribution >= 0.6 is 11.6 Å². The zero-order valence-corrected chi connectivity index (χ0v) is 12.1. The van der Waals surface area contributed by atoms with E-state index in [9.17, 15) is 10.1 Å². The van der Waals surface area contributed by atoms with Crippen LogP contribution in [0.5, 0.6) is 11.6 Å². The summed E-state index contributed by atoms with van der Waals surface area (Å²) in [5.41, 5.74) is -0.0763. The molecular formula is C14H14ClN3O3. The van der Waals surface area contributed by atoms with Crippen LogP contribution in [0.3, 0.4) is 0 Å². The van der Waals surface area contributed by atoms with Gasteiger partial charge in [0.1, 0.15) is 11.6 Å². The normalized spacial score (nSPS) is 10.2. The highest BCUT2D eigenvalue weighted by atomic mass is 35.5. The minimum Gasteiger partial charge on any atom is -0.439 e. The molecule has 0 fully saturated rings. The van der Waals surface area contributed by atoms with Crippen molar-refractivity contribution in [1.29, 1.82) is 0 Å². The SMILES string of the molecule is CCCNc1cc([N+](=O)[O-])cc(Oc2ccc(Cl)cc2)n1. The Morgan fingerprint density at radius 3 is 2.67 bits per heavy atom. The van der Waals surface area contributed by atoms with Gasteiger partial charge >= 0.3 is 0 Å². The fourth-order valence-corrected chi connectivity index (χ4v) is 1.74. The lowest BCUT2D eigenvalue weighted by molar-refractivity contribution is -0.384. The van der Waals surface area contributed by atoms with Gasteiger partial charge in [0.25, 0.3) is 5.69 Å². The molecule has 0 aliphatic rings. The molecule has 1 N–H and O–H groups in total. The minimum atomic E-state index is -0.479. The summed E-state index contributed by atoms with van der Waals surface area (Å²) < 4.78 is 5.53. The van der Waals surface area contributed by atoms with Gasteiger partial charge in [-0.1, -0.05) is 18.5 Å². The average molecular weight is 308 g/mol. The molecule has 1 aromatic heterocycles. The molecule has 0 radical (unpaired) electrons. The topological polar surface area (TPSA) is 77.3 Å². The minimum absolute atomic E-state index is 0.0763. The van der Waals surface area contributed by atoms with Crippen molar-refractivity contribution in [3.05, 3.63) is 51.5 Å². The number of nitro groups is 1. The van der Waals surface area contributed by atoms with Crippen molar-refractivity contribution in [1.82, 2.24) is 4.98 Å². The van der Waals surface area contributed by atoms with Gasteiger partial charge in [0, 0.05) is 11.6 Å². The summed E-state index contributed by atoms with van der Waals surface area (Å²) in [6.07, 6.45) is 0.887. The largest absolute Gasteiger partial charge is 0.439 e. The third-order valence-corrected chi connectivity index (χ3v) is 2.84. The Morgan fingerprint density at radius 2 is 2.05 bits per heavy atom. The fraction of sp³-hybridized carbons (Fsp3) is 0.214. The molecule has 0 unspecified atom stereocenters. The molecule has 21 heavy (non-hydrogen) atoms. The van der Waals surface area contributed by atoms with E-state index in [1.54, 1.807) is 24.3 Å². The van der Waals surface area contributed by atoms with Crippen LogP contribution in [-0.2, 0) is 0 Å². The van der Waals surface area contributed by atoms with Gasteiger partial charge < -0.3 is 10.1 Å². The van der Waals surface area contributed by atoms with Crippen molar-refractivity contribution >= 4 is 23.1 Å². The molecule has 0 atom stereocenters. The maximum atomic E-state index is 11.0. The first kappa shape index (κ1) is 15.1. The zero-order valence-electron chi connectivity index (χ0n) is 11.4.